The molecule has 1 N–H and O–H groups in total. The zero-order valence-electron chi connectivity index (χ0n) is 21.3. The highest BCUT2D eigenvalue weighted by Crippen LogP contribution is 2.32. The van der Waals surface area contributed by atoms with Crippen molar-refractivity contribution in [1.82, 2.24) is 5.01 Å². The van der Waals surface area contributed by atoms with Gasteiger partial charge in [0.05, 0.1) is 12.7 Å². The fourth-order valence-corrected chi connectivity index (χ4v) is 4.50. The molecule has 0 saturated heterocycles. The Bertz CT molecular complexity index is 1240. The van der Waals surface area contributed by atoms with Gasteiger partial charge < -0.3 is 14.2 Å². The van der Waals surface area contributed by atoms with E-state index in [9.17, 15) is 4.79 Å². The lowest BCUT2D eigenvalue weighted by Gasteiger charge is -2.20. The lowest BCUT2D eigenvalue weighted by molar-refractivity contribution is -0.114. The Morgan fingerprint density at radius 1 is 1.08 bits per heavy atom. The number of halogens is 1. The van der Waals surface area contributed by atoms with Crippen LogP contribution in [0.4, 0.5) is 0 Å². The average molecular weight is 543 g/mol. The normalized spacial score (nSPS) is 16.5. The van der Waals surface area contributed by atoms with Crippen LogP contribution >= 0.6 is 24.2 Å². The molecule has 2 aromatic rings. The lowest BCUT2D eigenvalue weighted by atomic mass is 9.99. The van der Waals surface area contributed by atoms with Gasteiger partial charge in [0.2, 0.25) is 5.17 Å². The van der Waals surface area contributed by atoms with Gasteiger partial charge in [0.25, 0.3) is 5.91 Å². The van der Waals surface area contributed by atoms with Crippen molar-refractivity contribution >= 4 is 52.2 Å². The molecule has 37 heavy (non-hydrogen) atoms. The topological polar surface area (TPSA) is 96.6 Å². The van der Waals surface area contributed by atoms with E-state index in [-0.39, 0.29) is 23.8 Å². The van der Waals surface area contributed by atoms with Crippen molar-refractivity contribution < 1.29 is 19.0 Å². The maximum atomic E-state index is 12.6. The molecule has 0 radical (unpaired) electrons. The molecule has 2 aromatic carbocycles. The van der Waals surface area contributed by atoms with E-state index in [1.807, 2.05) is 19.1 Å². The van der Waals surface area contributed by atoms with Crippen molar-refractivity contribution in [2.24, 2.45) is 10.1 Å². The molecule has 2 aliphatic rings. The van der Waals surface area contributed by atoms with E-state index >= 15 is 0 Å². The molecule has 1 amide bonds. The largest absolute Gasteiger partial charge is 0.493 e. The lowest BCUT2D eigenvalue weighted by Crippen LogP contribution is -2.35. The monoisotopic (exact) mass is 542 g/mol. The Morgan fingerprint density at radius 2 is 1.81 bits per heavy atom. The van der Waals surface area contributed by atoms with Gasteiger partial charge in [0.15, 0.2) is 17.3 Å². The van der Waals surface area contributed by atoms with Gasteiger partial charge in [0.1, 0.15) is 24.0 Å². The molecule has 0 spiro atoms. The minimum absolute atomic E-state index is 0. The predicted octanol–water partition coefficient (Wildman–Crippen LogP) is 6.12. The number of carbonyl (C=O) groups excluding carboxylic acids is 1. The summed E-state index contributed by atoms with van der Waals surface area (Å²) in [6.45, 7) is 7.09. The molecule has 0 fully saturated rings. The third kappa shape index (κ3) is 6.53. The van der Waals surface area contributed by atoms with Crippen molar-refractivity contribution in [3.8, 4) is 17.2 Å². The summed E-state index contributed by atoms with van der Waals surface area (Å²) in [5.74, 6) is 1.96. The van der Waals surface area contributed by atoms with Crippen LogP contribution in [0.25, 0.3) is 6.08 Å². The Morgan fingerprint density at radius 3 is 2.49 bits per heavy atom. The van der Waals surface area contributed by atoms with Gasteiger partial charge in [-0.3, -0.25) is 10.2 Å². The minimum atomic E-state index is -0.458. The molecule has 1 unspecified atom stereocenters. The number of hydrazone groups is 1. The van der Waals surface area contributed by atoms with Gasteiger partial charge in [-0.15, -0.1) is 12.4 Å². The molecule has 8 nitrogen and oxygen atoms in total. The van der Waals surface area contributed by atoms with Crippen molar-refractivity contribution in [3.05, 3.63) is 59.2 Å². The van der Waals surface area contributed by atoms with Crippen LogP contribution in [-0.4, -0.2) is 47.3 Å². The van der Waals surface area contributed by atoms with Crippen LogP contribution in [0.3, 0.4) is 0 Å². The smallest absolute Gasteiger partial charge is 0.283 e. The highest BCUT2D eigenvalue weighted by atomic mass is 35.5. The Balaban J connectivity index is 0.00000380. The van der Waals surface area contributed by atoms with Crippen molar-refractivity contribution in [3.63, 3.8) is 0 Å². The first kappa shape index (κ1) is 28.3. The van der Waals surface area contributed by atoms with E-state index < -0.39 is 5.91 Å². The van der Waals surface area contributed by atoms with Gasteiger partial charge in [0, 0.05) is 0 Å². The van der Waals surface area contributed by atoms with Crippen LogP contribution in [-0.2, 0) is 4.79 Å². The molecular weight excluding hydrogens is 512 g/mol. The van der Waals surface area contributed by atoms with Gasteiger partial charge >= 0.3 is 0 Å². The number of thioether (sulfide) groups is 1. The van der Waals surface area contributed by atoms with E-state index in [1.54, 1.807) is 31.4 Å². The number of carbonyl (C=O) groups is 1. The summed E-state index contributed by atoms with van der Waals surface area (Å²) in [5.41, 5.74) is 2.16. The van der Waals surface area contributed by atoms with E-state index in [0.29, 0.717) is 41.4 Å². The number of rotatable bonds is 10. The molecule has 10 heteroatoms. The number of methoxy groups -OCH3 is 1. The zero-order chi connectivity index (χ0) is 25.7. The fourth-order valence-electron chi connectivity index (χ4n) is 3.67. The van der Waals surface area contributed by atoms with Crippen LogP contribution in [0.1, 0.15) is 50.7 Å². The van der Waals surface area contributed by atoms with Crippen molar-refractivity contribution in [2.45, 2.75) is 39.5 Å². The van der Waals surface area contributed by atoms with Gasteiger partial charge in [-0.1, -0.05) is 39.0 Å². The van der Waals surface area contributed by atoms with Gasteiger partial charge in [-0.05, 0) is 72.0 Å². The SMILES string of the molecule is CCC1=NN2C(=N)C(=Cc3ccc(OCCOc4ccc(C(C)CC)cc4)c(OC)c3)C(=O)N=C2S1.Cl. The highest BCUT2D eigenvalue weighted by Gasteiger charge is 2.35. The number of fused-ring (bicyclic) bond motifs is 1. The van der Waals surface area contributed by atoms with Crippen molar-refractivity contribution in [1.29, 1.82) is 5.41 Å². The number of ether oxygens (including phenoxy) is 3. The molecule has 196 valence electrons. The van der Waals surface area contributed by atoms with E-state index in [2.05, 4.69) is 36.1 Å². The van der Waals surface area contributed by atoms with Crippen LogP contribution < -0.4 is 14.2 Å². The summed E-state index contributed by atoms with van der Waals surface area (Å²) >= 11 is 1.32. The first-order chi connectivity index (χ1) is 17.4. The van der Waals surface area contributed by atoms with E-state index in [4.69, 9.17) is 19.6 Å². The summed E-state index contributed by atoms with van der Waals surface area (Å²) in [6.07, 6.45) is 3.44. The summed E-state index contributed by atoms with van der Waals surface area (Å²) in [5, 5.41) is 15.5. The van der Waals surface area contributed by atoms with Crippen LogP contribution in [0.2, 0.25) is 0 Å². The predicted molar refractivity (Wildman–Crippen MR) is 152 cm³/mol. The van der Waals surface area contributed by atoms with Gasteiger partial charge in [-0.25, -0.2) is 0 Å². The molecule has 0 aliphatic carbocycles. The van der Waals surface area contributed by atoms with Crippen LogP contribution in [0.15, 0.2) is 58.1 Å². The minimum Gasteiger partial charge on any atom is -0.493 e. The summed E-state index contributed by atoms with van der Waals surface area (Å²) in [6, 6.07) is 13.5. The van der Waals surface area contributed by atoms with Crippen LogP contribution in [0, 0.1) is 5.41 Å². The van der Waals surface area contributed by atoms with E-state index in [0.717, 1.165) is 23.6 Å². The number of benzene rings is 2. The Labute approximate surface area is 227 Å². The molecule has 2 aliphatic heterocycles. The van der Waals surface area contributed by atoms with E-state index in [1.165, 1.54) is 22.3 Å². The Hall–Kier alpha value is -3.30. The summed E-state index contributed by atoms with van der Waals surface area (Å²) in [4.78, 5) is 16.7. The number of hydrogen-bond acceptors (Lipinski definition) is 7. The maximum Gasteiger partial charge on any atom is 0.283 e. The molecule has 2 heterocycles. The third-order valence-corrected chi connectivity index (χ3v) is 7.02. The van der Waals surface area contributed by atoms with Crippen molar-refractivity contribution in [2.75, 3.05) is 20.3 Å². The number of amides is 1. The first-order valence-corrected chi connectivity index (χ1v) is 12.8. The number of nitrogens with zero attached hydrogens (tertiary/aromatic N) is 3. The number of amidine groups is 2. The molecule has 0 aromatic heterocycles. The maximum absolute atomic E-state index is 12.6. The van der Waals surface area contributed by atoms with Crippen LogP contribution in [0.5, 0.6) is 17.2 Å². The molecule has 4 rings (SSSR count). The standard InChI is InChI=1S/C27H30N4O4S.ClH/c1-5-17(3)19-8-10-20(11-9-19)34-13-14-35-22-12-7-18(16-23(22)33-4)15-21-25(28)31-27(29-26(21)32)36-24(6-2)30-31;/h7-12,15-17,28H,5-6,13-14H2,1-4H3;1H. The quantitative estimate of drug-likeness (QED) is 0.287. The molecule has 0 bridgehead atoms. The summed E-state index contributed by atoms with van der Waals surface area (Å²) in [7, 11) is 1.56. The summed E-state index contributed by atoms with van der Waals surface area (Å²) < 4.78 is 17.2. The second-order valence-electron chi connectivity index (χ2n) is 8.35. The number of aliphatic imine (C=N–C) groups is 1. The van der Waals surface area contributed by atoms with Gasteiger partial charge in [-0.2, -0.15) is 15.1 Å². The first-order valence-electron chi connectivity index (χ1n) is 12.0. The third-order valence-electron chi connectivity index (χ3n) is 5.97. The second-order valence-corrected chi connectivity index (χ2v) is 9.39. The fraction of sp³-hybridized carbons (Fsp3) is 0.333. The number of nitrogens with one attached hydrogen (secondary N) is 1. The molecular formula is C27H31ClN4O4S. The highest BCUT2D eigenvalue weighted by molar-refractivity contribution is 8.26. The molecule has 0 saturated carbocycles. The zero-order valence-corrected chi connectivity index (χ0v) is 22.9. The second kappa shape index (κ2) is 12.8. The average Bonchev–Trinajstić information content (AvgIpc) is 3.32. The number of hydrogen-bond donors (Lipinski definition) is 1. The molecule has 1 atom stereocenters. The Kier molecular flexibility index (Phi) is 9.77.